The number of halogens is 1. The average molecular weight is 347 g/mol. The van der Waals surface area contributed by atoms with E-state index in [4.69, 9.17) is 0 Å². The Morgan fingerprint density at radius 2 is 2.00 bits per heavy atom. The van der Waals surface area contributed by atoms with Gasteiger partial charge in [-0.2, -0.15) is 0 Å². The first-order chi connectivity index (χ1) is 10.1. The number of anilines is 1. The highest BCUT2D eigenvalue weighted by Crippen LogP contribution is 2.11. The number of rotatable bonds is 4. The fraction of sp³-hybridized carbons (Fsp3) is 0.0714. The molecule has 0 aliphatic carbocycles. The maximum atomic E-state index is 12.0. The molecular weight excluding hydrogens is 336 g/mol. The van der Waals surface area contributed by atoms with Crippen LogP contribution in [0.3, 0.4) is 0 Å². The quantitative estimate of drug-likeness (QED) is 0.632. The summed E-state index contributed by atoms with van der Waals surface area (Å²) in [5.74, 6) is 0.192. The number of carbonyl (C=O) groups excluding carboxylic acids is 1. The van der Waals surface area contributed by atoms with Crippen molar-refractivity contribution in [3.63, 3.8) is 0 Å². The van der Waals surface area contributed by atoms with Gasteiger partial charge in [0.05, 0.1) is 12.1 Å². The van der Waals surface area contributed by atoms with Crippen molar-refractivity contribution in [1.29, 1.82) is 0 Å². The number of ketones is 1. The normalized spacial score (nSPS) is 10.7. The number of aromatic amines is 2. The lowest BCUT2D eigenvalue weighted by atomic mass is 10.1. The maximum absolute atomic E-state index is 12.0. The van der Waals surface area contributed by atoms with Crippen LogP contribution < -0.4 is 10.9 Å². The fourth-order valence-corrected chi connectivity index (χ4v) is 2.20. The van der Waals surface area contributed by atoms with Gasteiger partial charge in [-0.05, 0) is 18.2 Å². The standard InChI is InChI=1S/C14H11BrN4O2/c15-9-3-1-8(2-4-9)11(20)7-17-14-18-10-5-6-16-12(10)13(21)19-14/h1-6,16H,7H2,(H2,17,18,19,21). The predicted octanol–water partition coefficient (Wildman–Crippen LogP) is 2.31. The summed E-state index contributed by atoms with van der Waals surface area (Å²) in [5, 5.41) is 2.84. The van der Waals surface area contributed by atoms with Gasteiger partial charge in [0.1, 0.15) is 5.52 Å². The molecule has 2 aromatic heterocycles. The Morgan fingerprint density at radius 3 is 2.76 bits per heavy atom. The van der Waals surface area contributed by atoms with E-state index in [1.807, 2.05) is 0 Å². The number of H-pyrrole nitrogens is 2. The van der Waals surface area contributed by atoms with Gasteiger partial charge in [-0.1, -0.05) is 28.1 Å². The smallest absolute Gasteiger partial charge is 0.276 e. The number of hydrogen-bond acceptors (Lipinski definition) is 4. The lowest BCUT2D eigenvalue weighted by molar-refractivity contribution is 0.101. The SMILES string of the molecule is O=C(CNc1nc2cc[nH]c2c(=O)[nH]1)c1ccc(Br)cc1. The number of carbonyl (C=O) groups is 1. The second-order valence-electron chi connectivity index (χ2n) is 4.44. The molecular formula is C14H11BrN4O2. The van der Waals surface area contributed by atoms with Crippen LogP contribution >= 0.6 is 15.9 Å². The Morgan fingerprint density at radius 1 is 1.24 bits per heavy atom. The van der Waals surface area contributed by atoms with Gasteiger partial charge in [-0.3, -0.25) is 14.6 Å². The van der Waals surface area contributed by atoms with Gasteiger partial charge in [0.2, 0.25) is 5.95 Å². The molecule has 0 saturated carbocycles. The van der Waals surface area contributed by atoms with E-state index in [-0.39, 0.29) is 23.8 Å². The first kappa shape index (κ1) is 13.6. The minimum absolute atomic E-state index is 0.0561. The minimum atomic E-state index is -0.274. The molecule has 0 bridgehead atoms. The van der Waals surface area contributed by atoms with Crippen molar-refractivity contribution in [3.8, 4) is 0 Å². The molecule has 0 unspecified atom stereocenters. The van der Waals surface area contributed by atoms with E-state index >= 15 is 0 Å². The van der Waals surface area contributed by atoms with Crippen LogP contribution in [0, 0.1) is 0 Å². The van der Waals surface area contributed by atoms with Gasteiger partial charge in [0, 0.05) is 16.2 Å². The third kappa shape index (κ3) is 2.87. The summed E-state index contributed by atoms with van der Waals surface area (Å²) < 4.78 is 0.913. The maximum Gasteiger partial charge on any atom is 0.276 e. The van der Waals surface area contributed by atoms with E-state index in [1.54, 1.807) is 36.5 Å². The third-order valence-corrected chi connectivity index (χ3v) is 3.53. The van der Waals surface area contributed by atoms with Crippen LogP contribution in [0.25, 0.3) is 11.0 Å². The zero-order valence-electron chi connectivity index (χ0n) is 10.8. The number of benzene rings is 1. The van der Waals surface area contributed by atoms with E-state index in [1.165, 1.54) is 0 Å². The molecule has 106 valence electrons. The molecule has 0 aliphatic heterocycles. The summed E-state index contributed by atoms with van der Waals surface area (Å²) in [4.78, 5) is 33.4. The Labute approximate surface area is 127 Å². The van der Waals surface area contributed by atoms with Crippen molar-refractivity contribution in [2.24, 2.45) is 0 Å². The molecule has 3 rings (SSSR count). The van der Waals surface area contributed by atoms with Crippen LogP contribution in [-0.2, 0) is 0 Å². The molecule has 0 aliphatic rings. The zero-order valence-corrected chi connectivity index (χ0v) is 12.4. The van der Waals surface area contributed by atoms with Crippen LogP contribution in [0.4, 0.5) is 5.95 Å². The lowest BCUT2D eigenvalue weighted by Crippen LogP contribution is -2.18. The molecule has 6 nitrogen and oxygen atoms in total. The summed E-state index contributed by atoms with van der Waals surface area (Å²) in [5.41, 5.74) is 1.29. The first-order valence-corrected chi connectivity index (χ1v) is 7.03. The molecule has 0 fully saturated rings. The molecule has 3 aromatic rings. The number of nitrogens with zero attached hydrogens (tertiary/aromatic N) is 1. The van der Waals surface area contributed by atoms with Crippen molar-refractivity contribution < 1.29 is 4.79 Å². The molecule has 0 saturated heterocycles. The Hall–Kier alpha value is -2.41. The van der Waals surface area contributed by atoms with Crippen LogP contribution in [0.15, 0.2) is 45.8 Å². The largest absolute Gasteiger partial charge is 0.355 e. The van der Waals surface area contributed by atoms with E-state index in [2.05, 4.69) is 36.2 Å². The van der Waals surface area contributed by atoms with Crippen molar-refractivity contribution in [1.82, 2.24) is 15.0 Å². The second kappa shape index (κ2) is 5.53. The van der Waals surface area contributed by atoms with Crippen molar-refractivity contribution >= 4 is 38.7 Å². The Kier molecular flexibility index (Phi) is 3.57. The summed E-state index contributed by atoms with van der Waals surface area (Å²) >= 11 is 3.32. The van der Waals surface area contributed by atoms with Gasteiger partial charge >= 0.3 is 0 Å². The van der Waals surface area contributed by atoms with Crippen molar-refractivity contribution in [2.75, 3.05) is 11.9 Å². The molecule has 21 heavy (non-hydrogen) atoms. The molecule has 0 spiro atoms. The van der Waals surface area contributed by atoms with Crippen molar-refractivity contribution in [3.05, 3.63) is 56.9 Å². The summed E-state index contributed by atoms with van der Waals surface area (Å²) in [6.07, 6.45) is 1.64. The van der Waals surface area contributed by atoms with E-state index in [0.29, 0.717) is 16.6 Å². The molecule has 3 N–H and O–H groups in total. The van der Waals surface area contributed by atoms with E-state index in [0.717, 1.165) is 4.47 Å². The number of hydrogen-bond donors (Lipinski definition) is 3. The Bertz CT molecular complexity index is 851. The van der Waals surface area contributed by atoms with Crippen molar-refractivity contribution in [2.45, 2.75) is 0 Å². The molecule has 1 aromatic carbocycles. The van der Waals surface area contributed by atoms with Gasteiger partial charge in [-0.15, -0.1) is 0 Å². The monoisotopic (exact) mass is 346 g/mol. The predicted molar refractivity (Wildman–Crippen MR) is 83.7 cm³/mol. The number of fused-ring (bicyclic) bond motifs is 1. The van der Waals surface area contributed by atoms with Gasteiger partial charge < -0.3 is 10.3 Å². The summed E-state index contributed by atoms with van der Waals surface area (Å²) in [6.45, 7) is 0.0561. The highest BCUT2D eigenvalue weighted by molar-refractivity contribution is 9.10. The van der Waals surface area contributed by atoms with E-state index in [9.17, 15) is 9.59 Å². The summed E-state index contributed by atoms with van der Waals surface area (Å²) in [6, 6.07) is 8.78. The Balaban J connectivity index is 1.75. The highest BCUT2D eigenvalue weighted by Gasteiger charge is 2.08. The molecule has 2 heterocycles. The number of nitrogens with one attached hydrogen (secondary N) is 3. The number of Topliss-reactive ketones (excluding diaryl/α,β-unsaturated/α-hetero) is 1. The van der Waals surface area contributed by atoms with Crippen LogP contribution in [0.2, 0.25) is 0 Å². The molecule has 7 heteroatoms. The average Bonchev–Trinajstić information content (AvgIpc) is 2.94. The number of aromatic nitrogens is 3. The molecule has 0 atom stereocenters. The van der Waals surface area contributed by atoms with Gasteiger partial charge in [0.25, 0.3) is 5.56 Å². The minimum Gasteiger partial charge on any atom is -0.355 e. The van der Waals surface area contributed by atoms with Gasteiger partial charge in [-0.25, -0.2) is 4.98 Å². The van der Waals surface area contributed by atoms with Gasteiger partial charge in [0.15, 0.2) is 5.78 Å². The summed E-state index contributed by atoms with van der Waals surface area (Å²) in [7, 11) is 0. The van der Waals surface area contributed by atoms with Crippen LogP contribution in [0.5, 0.6) is 0 Å². The lowest BCUT2D eigenvalue weighted by Gasteiger charge is -2.05. The third-order valence-electron chi connectivity index (χ3n) is 3.00. The molecule has 0 amide bonds. The van der Waals surface area contributed by atoms with E-state index < -0.39 is 0 Å². The highest BCUT2D eigenvalue weighted by atomic mass is 79.9. The van der Waals surface area contributed by atoms with Crippen LogP contribution in [0.1, 0.15) is 10.4 Å². The zero-order chi connectivity index (χ0) is 14.8. The fourth-order valence-electron chi connectivity index (χ4n) is 1.94. The van der Waals surface area contributed by atoms with Crippen LogP contribution in [-0.4, -0.2) is 27.3 Å². The topological polar surface area (TPSA) is 90.6 Å². The molecule has 0 radical (unpaired) electrons. The first-order valence-electron chi connectivity index (χ1n) is 6.23. The second-order valence-corrected chi connectivity index (χ2v) is 5.35.